The number of hydrogen-bond acceptors (Lipinski definition) is 3. The van der Waals surface area contributed by atoms with Crippen molar-refractivity contribution in [3.8, 4) is 0 Å². The number of carboxylic acids is 1. The number of hydrogen-bond donors (Lipinski definition) is 2. The van der Waals surface area contributed by atoms with E-state index in [1.54, 1.807) is 0 Å². The van der Waals surface area contributed by atoms with Crippen LogP contribution in [-0.2, 0) is 14.8 Å². The molecule has 0 aliphatic heterocycles. The maximum absolute atomic E-state index is 12.3. The van der Waals surface area contributed by atoms with Gasteiger partial charge in [-0.05, 0) is 25.7 Å². The summed E-state index contributed by atoms with van der Waals surface area (Å²) in [6.45, 7) is 0. The number of aliphatic carboxylic acids is 1. The molecule has 0 bridgehead atoms. The molecule has 2 aliphatic carbocycles. The molecule has 0 saturated heterocycles. The molecule has 0 atom stereocenters. The van der Waals surface area contributed by atoms with E-state index in [-0.39, 0.29) is 0 Å². The molecule has 0 spiro atoms. The predicted octanol–water partition coefficient (Wildman–Crippen LogP) is 2.03. The highest BCUT2D eigenvalue weighted by atomic mass is 32.2. The van der Waals surface area contributed by atoms with Crippen LogP contribution < -0.4 is 4.72 Å². The lowest BCUT2D eigenvalue weighted by Crippen LogP contribution is -2.56. The summed E-state index contributed by atoms with van der Waals surface area (Å²) in [7, 11) is -3.51. The minimum Gasteiger partial charge on any atom is -0.480 e. The maximum atomic E-state index is 12.3. The van der Waals surface area contributed by atoms with E-state index in [0.29, 0.717) is 25.7 Å². The summed E-state index contributed by atoms with van der Waals surface area (Å²) >= 11 is 0. The zero-order valence-electron chi connectivity index (χ0n) is 11.2. The summed E-state index contributed by atoms with van der Waals surface area (Å²) in [6.07, 6.45) is 7.51. The highest BCUT2D eigenvalue weighted by Crippen LogP contribution is 2.31. The van der Waals surface area contributed by atoms with Crippen LogP contribution in [0.3, 0.4) is 0 Å². The maximum Gasteiger partial charge on any atom is 0.324 e. The van der Waals surface area contributed by atoms with Crippen LogP contribution in [0.1, 0.15) is 64.2 Å². The van der Waals surface area contributed by atoms with Crippen molar-refractivity contribution in [2.24, 2.45) is 0 Å². The van der Waals surface area contributed by atoms with Gasteiger partial charge in [0.15, 0.2) is 0 Å². The first kappa shape index (κ1) is 14.8. The summed E-state index contributed by atoms with van der Waals surface area (Å²) in [6, 6.07) is 0. The van der Waals surface area contributed by atoms with Crippen molar-refractivity contribution in [2.45, 2.75) is 75.0 Å². The highest BCUT2D eigenvalue weighted by molar-refractivity contribution is 7.90. The second-order valence-corrected chi connectivity index (χ2v) is 7.82. The minimum absolute atomic E-state index is 0.396. The molecule has 0 unspecified atom stereocenters. The Bertz CT molecular complexity index is 418. The Labute approximate surface area is 114 Å². The average molecular weight is 289 g/mol. The Morgan fingerprint density at radius 1 is 1.00 bits per heavy atom. The molecular weight excluding hydrogens is 266 g/mol. The Morgan fingerprint density at radius 2 is 1.53 bits per heavy atom. The van der Waals surface area contributed by atoms with Crippen LogP contribution in [0.5, 0.6) is 0 Å². The molecule has 2 rings (SSSR count). The smallest absolute Gasteiger partial charge is 0.324 e. The fraction of sp³-hybridized carbons (Fsp3) is 0.923. The summed E-state index contributed by atoms with van der Waals surface area (Å²) in [5.74, 6) is -1.02. The molecule has 2 aliphatic rings. The largest absolute Gasteiger partial charge is 0.480 e. The van der Waals surface area contributed by atoms with Crippen molar-refractivity contribution < 1.29 is 18.3 Å². The van der Waals surface area contributed by atoms with Crippen LogP contribution in [0.25, 0.3) is 0 Å². The van der Waals surface area contributed by atoms with Crippen LogP contribution in [0.4, 0.5) is 0 Å². The van der Waals surface area contributed by atoms with E-state index in [0.717, 1.165) is 38.5 Å². The fourth-order valence-electron chi connectivity index (χ4n) is 3.25. The predicted molar refractivity (Wildman–Crippen MR) is 72.4 cm³/mol. The lowest BCUT2D eigenvalue weighted by Gasteiger charge is -2.30. The molecule has 2 saturated carbocycles. The molecule has 0 amide bonds. The van der Waals surface area contributed by atoms with Crippen LogP contribution in [-0.4, -0.2) is 30.3 Å². The average Bonchev–Trinajstić information content (AvgIpc) is 2.78. The highest BCUT2D eigenvalue weighted by Gasteiger charge is 2.44. The van der Waals surface area contributed by atoms with Gasteiger partial charge >= 0.3 is 5.97 Å². The Morgan fingerprint density at radius 3 is 2.00 bits per heavy atom. The van der Waals surface area contributed by atoms with Crippen LogP contribution >= 0.6 is 0 Å². The van der Waals surface area contributed by atoms with Crippen molar-refractivity contribution in [2.75, 3.05) is 0 Å². The van der Waals surface area contributed by atoms with E-state index in [1.807, 2.05) is 0 Å². The Balaban J connectivity index is 2.17. The van der Waals surface area contributed by atoms with Gasteiger partial charge in [-0.25, -0.2) is 8.42 Å². The third-order valence-electron chi connectivity index (χ3n) is 4.45. The lowest BCUT2D eigenvalue weighted by atomic mass is 9.92. The van der Waals surface area contributed by atoms with Crippen molar-refractivity contribution >= 4 is 16.0 Å². The second kappa shape index (κ2) is 5.79. The van der Waals surface area contributed by atoms with Gasteiger partial charge in [0.2, 0.25) is 10.0 Å². The van der Waals surface area contributed by atoms with Gasteiger partial charge in [0.05, 0.1) is 5.25 Å². The van der Waals surface area contributed by atoms with Crippen molar-refractivity contribution in [3.05, 3.63) is 0 Å². The molecule has 0 heterocycles. The molecule has 2 fully saturated rings. The summed E-state index contributed by atoms with van der Waals surface area (Å²) in [4.78, 5) is 11.6. The monoisotopic (exact) mass is 289 g/mol. The standard InChI is InChI=1S/C13H23NO4S/c15-12(16)13(9-5-1-2-6-10-13)14-19(17,18)11-7-3-4-8-11/h11,14H,1-10H2,(H,15,16). The first-order valence-electron chi connectivity index (χ1n) is 7.22. The molecule has 0 aromatic rings. The van der Waals surface area contributed by atoms with E-state index in [4.69, 9.17) is 0 Å². The fourth-order valence-corrected chi connectivity index (χ4v) is 5.20. The van der Waals surface area contributed by atoms with Gasteiger partial charge in [-0.2, -0.15) is 4.72 Å². The summed E-state index contributed by atoms with van der Waals surface area (Å²) in [5, 5.41) is 9.10. The SMILES string of the molecule is O=C(O)C1(NS(=O)(=O)C2CCCC2)CCCCCC1. The Hall–Kier alpha value is -0.620. The molecule has 0 aromatic carbocycles. The van der Waals surface area contributed by atoms with E-state index >= 15 is 0 Å². The van der Waals surface area contributed by atoms with E-state index in [9.17, 15) is 18.3 Å². The number of carboxylic acid groups (broad SMARTS) is 1. The van der Waals surface area contributed by atoms with Gasteiger partial charge in [-0.15, -0.1) is 0 Å². The second-order valence-electron chi connectivity index (χ2n) is 5.86. The van der Waals surface area contributed by atoms with Gasteiger partial charge in [-0.1, -0.05) is 38.5 Å². The molecule has 110 valence electrons. The minimum atomic E-state index is -3.51. The molecule has 5 nitrogen and oxygen atoms in total. The molecule has 19 heavy (non-hydrogen) atoms. The molecule has 0 aromatic heterocycles. The quantitative estimate of drug-likeness (QED) is 0.776. The van der Waals surface area contributed by atoms with Crippen LogP contribution in [0.2, 0.25) is 0 Å². The topological polar surface area (TPSA) is 83.5 Å². The third kappa shape index (κ3) is 3.28. The van der Waals surface area contributed by atoms with E-state index < -0.39 is 26.8 Å². The zero-order valence-corrected chi connectivity index (χ0v) is 12.0. The van der Waals surface area contributed by atoms with Gasteiger partial charge in [0.1, 0.15) is 5.54 Å². The Kier molecular flexibility index (Phi) is 4.50. The zero-order chi connectivity index (χ0) is 13.9. The molecule has 0 radical (unpaired) electrons. The number of nitrogens with one attached hydrogen (secondary N) is 1. The first-order valence-corrected chi connectivity index (χ1v) is 8.77. The van der Waals surface area contributed by atoms with Crippen molar-refractivity contribution in [3.63, 3.8) is 0 Å². The molecular formula is C13H23NO4S. The number of sulfonamides is 1. The van der Waals surface area contributed by atoms with Gasteiger partial charge in [0, 0.05) is 0 Å². The number of carbonyl (C=O) groups is 1. The molecule has 2 N–H and O–H groups in total. The van der Waals surface area contributed by atoms with Crippen LogP contribution in [0, 0.1) is 0 Å². The first-order chi connectivity index (χ1) is 8.96. The number of rotatable bonds is 4. The van der Waals surface area contributed by atoms with Crippen molar-refractivity contribution in [1.82, 2.24) is 4.72 Å². The normalized spacial score (nSPS) is 25.1. The third-order valence-corrected chi connectivity index (χ3v) is 6.47. The van der Waals surface area contributed by atoms with Crippen LogP contribution in [0.15, 0.2) is 0 Å². The van der Waals surface area contributed by atoms with E-state index in [2.05, 4.69) is 4.72 Å². The summed E-state index contributed by atoms with van der Waals surface area (Å²) < 4.78 is 27.3. The van der Waals surface area contributed by atoms with Gasteiger partial charge < -0.3 is 5.11 Å². The molecule has 6 heteroatoms. The van der Waals surface area contributed by atoms with Gasteiger partial charge in [-0.3, -0.25) is 4.79 Å². The van der Waals surface area contributed by atoms with Gasteiger partial charge in [0.25, 0.3) is 0 Å². The lowest BCUT2D eigenvalue weighted by molar-refractivity contribution is -0.144. The van der Waals surface area contributed by atoms with Crippen molar-refractivity contribution in [1.29, 1.82) is 0 Å². The van der Waals surface area contributed by atoms with E-state index in [1.165, 1.54) is 0 Å². The summed E-state index contributed by atoms with van der Waals surface area (Å²) in [5.41, 5.74) is -1.27.